The number of rotatable bonds is 8. The van der Waals surface area contributed by atoms with E-state index in [9.17, 15) is 14.7 Å². The highest BCUT2D eigenvalue weighted by molar-refractivity contribution is 6.03. The summed E-state index contributed by atoms with van der Waals surface area (Å²) in [6.07, 6.45) is 2.01. The number of β-amino-alcohol motifs (C(OH)–C–C–N with tert-alkyl or cyclic N) is 1. The minimum atomic E-state index is -0.711. The van der Waals surface area contributed by atoms with Gasteiger partial charge in [0.25, 0.3) is 11.5 Å². The number of aryl methyl sites for hydroxylation is 2. The summed E-state index contributed by atoms with van der Waals surface area (Å²) in [6.45, 7) is 14.3. The Hall–Kier alpha value is -3.17. The van der Waals surface area contributed by atoms with E-state index in [1.165, 1.54) is 0 Å². The van der Waals surface area contributed by atoms with Crippen molar-refractivity contribution in [3.05, 3.63) is 62.2 Å². The Labute approximate surface area is 224 Å². The SMILES string of the molecule is COc1ccc2c(C(=O)NCc3c(C)cc(C)[nH]c3=O)c(C)c(C(C)C3CCN(CC(C)(C)O)CC3)n2n1. The number of likely N-dealkylation sites (tertiary alicyclic amines) is 1. The summed E-state index contributed by atoms with van der Waals surface area (Å²) in [5, 5.41) is 17.9. The molecule has 3 aromatic heterocycles. The first-order valence-corrected chi connectivity index (χ1v) is 13.4. The zero-order valence-electron chi connectivity index (χ0n) is 23.6. The normalized spacial score (nSPS) is 16.1. The fraction of sp³-hybridized carbons (Fsp3) is 0.552. The second-order valence-electron chi connectivity index (χ2n) is 11.4. The Balaban J connectivity index is 1.63. The average molecular weight is 524 g/mol. The number of aromatic nitrogens is 3. The molecule has 38 heavy (non-hydrogen) atoms. The summed E-state index contributed by atoms with van der Waals surface area (Å²) >= 11 is 0. The number of fused-ring (bicyclic) bond motifs is 1. The van der Waals surface area contributed by atoms with Gasteiger partial charge in [-0.2, -0.15) is 0 Å². The number of carbonyl (C=O) groups excluding carboxylic acids is 1. The van der Waals surface area contributed by atoms with Gasteiger partial charge in [-0.15, -0.1) is 5.10 Å². The number of aromatic amines is 1. The molecule has 206 valence electrons. The van der Waals surface area contributed by atoms with Crippen LogP contribution in [0.5, 0.6) is 5.88 Å². The first kappa shape index (κ1) is 27.9. The van der Waals surface area contributed by atoms with Gasteiger partial charge in [0, 0.05) is 42.0 Å². The number of hydrogen-bond acceptors (Lipinski definition) is 6. The van der Waals surface area contributed by atoms with Crippen molar-refractivity contribution in [2.24, 2.45) is 5.92 Å². The first-order chi connectivity index (χ1) is 17.9. The smallest absolute Gasteiger partial charge is 0.254 e. The second-order valence-corrected chi connectivity index (χ2v) is 11.4. The van der Waals surface area contributed by atoms with Gasteiger partial charge in [-0.3, -0.25) is 9.59 Å². The van der Waals surface area contributed by atoms with E-state index in [-0.39, 0.29) is 23.9 Å². The molecule has 1 atom stereocenters. The summed E-state index contributed by atoms with van der Waals surface area (Å²) in [5.74, 6) is 0.831. The standard InChI is InChI=1S/C29H41N5O4/c1-17-14-18(2)31-27(35)22(17)15-30-28(36)25-20(4)26(34-23(25)8-9-24(32-34)38-7)19(3)21-10-12-33(13-11-21)16-29(5,6)37/h8-9,14,19,21,37H,10-13,15-16H2,1-7H3,(H,30,36)(H,31,35). The van der Waals surface area contributed by atoms with E-state index in [1.54, 1.807) is 13.2 Å². The summed E-state index contributed by atoms with van der Waals surface area (Å²) in [4.78, 5) is 31.2. The summed E-state index contributed by atoms with van der Waals surface area (Å²) in [6, 6.07) is 5.55. The van der Waals surface area contributed by atoms with Crippen molar-refractivity contribution in [1.29, 1.82) is 0 Å². The minimum absolute atomic E-state index is 0.144. The maximum atomic E-state index is 13.6. The van der Waals surface area contributed by atoms with E-state index in [0.29, 0.717) is 29.5 Å². The number of hydrogen-bond donors (Lipinski definition) is 3. The van der Waals surface area contributed by atoms with Crippen LogP contribution in [-0.4, -0.2) is 62.9 Å². The zero-order valence-corrected chi connectivity index (χ0v) is 23.6. The van der Waals surface area contributed by atoms with Crippen molar-refractivity contribution < 1.29 is 14.6 Å². The van der Waals surface area contributed by atoms with Gasteiger partial charge < -0.3 is 25.0 Å². The van der Waals surface area contributed by atoms with Gasteiger partial charge in [0.1, 0.15) is 0 Å². The Morgan fingerprint density at radius 3 is 2.55 bits per heavy atom. The Morgan fingerprint density at radius 1 is 1.26 bits per heavy atom. The number of nitrogens with zero attached hydrogens (tertiary/aromatic N) is 3. The predicted octanol–water partition coefficient (Wildman–Crippen LogP) is 3.47. The number of ether oxygens (including phenoxy) is 1. The van der Waals surface area contributed by atoms with Crippen LogP contribution < -0.4 is 15.6 Å². The van der Waals surface area contributed by atoms with Crippen LogP contribution in [0.4, 0.5) is 0 Å². The van der Waals surface area contributed by atoms with Gasteiger partial charge in [-0.25, -0.2) is 4.52 Å². The van der Waals surface area contributed by atoms with Crippen LogP contribution in [0.2, 0.25) is 0 Å². The molecular weight excluding hydrogens is 482 g/mol. The number of amides is 1. The molecule has 1 aliphatic heterocycles. The van der Waals surface area contributed by atoms with E-state index >= 15 is 0 Å². The molecule has 9 nitrogen and oxygen atoms in total. The lowest BCUT2D eigenvalue weighted by Gasteiger charge is -2.37. The van der Waals surface area contributed by atoms with Gasteiger partial charge in [0.15, 0.2) is 0 Å². The number of nitrogens with one attached hydrogen (secondary N) is 2. The molecule has 0 bridgehead atoms. The molecule has 0 saturated carbocycles. The van der Waals surface area contributed by atoms with Crippen LogP contribution in [-0.2, 0) is 6.54 Å². The van der Waals surface area contributed by atoms with Crippen molar-refractivity contribution >= 4 is 11.4 Å². The number of pyridine rings is 1. The minimum Gasteiger partial charge on any atom is -0.480 e. The fourth-order valence-electron chi connectivity index (χ4n) is 5.93. The topological polar surface area (TPSA) is 112 Å². The second kappa shape index (κ2) is 10.9. The maximum absolute atomic E-state index is 13.6. The number of carbonyl (C=O) groups is 1. The molecular formula is C29H41N5O4. The highest BCUT2D eigenvalue weighted by Gasteiger charge is 2.32. The van der Waals surface area contributed by atoms with Crippen LogP contribution in [0.25, 0.3) is 5.52 Å². The maximum Gasteiger partial charge on any atom is 0.254 e. The number of methoxy groups -OCH3 is 1. The van der Waals surface area contributed by atoms with E-state index < -0.39 is 5.60 Å². The van der Waals surface area contributed by atoms with Crippen molar-refractivity contribution in [1.82, 2.24) is 24.8 Å². The third kappa shape index (κ3) is 5.78. The lowest BCUT2D eigenvalue weighted by atomic mass is 9.82. The van der Waals surface area contributed by atoms with E-state index in [4.69, 9.17) is 9.84 Å². The van der Waals surface area contributed by atoms with E-state index in [2.05, 4.69) is 22.1 Å². The molecule has 0 radical (unpaired) electrons. The van der Waals surface area contributed by atoms with Crippen molar-refractivity contribution in [2.75, 3.05) is 26.7 Å². The van der Waals surface area contributed by atoms with Crippen LogP contribution in [0, 0.1) is 26.7 Å². The summed E-state index contributed by atoms with van der Waals surface area (Å²) in [5.41, 5.74) is 4.49. The van der Waals surface area contributed by atoms with Crippen LogP contribution >= 0.6 is 0 Å². The number of piperidine rings is 1. The molecule has 1 saturated heterocycles. The van der Waals surface area contributed by atoms with Crippen LogP contribution in [0.1, 0.15) is 78.0 Å². The predicted molar refractivity (Wildman–Crippen MR) is 148 cm³/mol. The molecule has 4 heterocycles. The zero-order chi connectivity index (χ0) is 27.8. The lowest BCUT2D eigenvalue weighted by Crippen LogP contribution is -2.43. The van der Waals surface area contributed by atoms with Gasteiger partial charge in [0.2, 0.25) is 5.88 Å². The van der Waals surface area contributed by atoms with Gasteiger partial charge in [-0.05, 0) is 89.7 Å². The summed E-state index contributed by atoms with van der Waals surface area (Å²) in [7, 11) is 1.58. The van der Waals surface area contributed by atoms with Crippen molar-refractivity contribution in [2.45, 2.75) is 72.4 Å². The molecule has 4 rings (SSSR count). The number of H-pyrrole nitrogens is 1. The van der Waals surface area contributed by atoms with Gasteiger partial charge in [0.05, 0.1) is 23.8 Å². The molecule has 0 aromatic carbocycles. The third-order valence-corrected chi connectivity index (χ3v) is 7.79. The van der Waals surface area contributed by atoms with Gasteiger partial charge >= 0.3 is 0 Å². The molecule has 1 unspecified atom stereocenters. The van der Waals surface area contributed by atoms with Crippen LogP contribution in [0.3, 0.4) is 0 Å². The fourth-order valence-corrected chi connectivity index (χ4v) is 5.93. The van der Waals surface area contributed by atoms with E-state index in [0.717, 1.165) is 54.0 Å². The molecule has 1 fully saturated rings. The average Bonchev–Trinajstić information content (AvgIpc) is 3.13. The largest absolute Gasteiger partial charge is 0.480 e. The molecule has 3 N–H and O–H groups in total. The highest BCUT2D eigenvalue weighted by Crippen LogP contribution is 2.37. The Morgan fingerprint density at radius 2 is 1.95 bits per heavy atom. The summed E-state index contributed by atoms with van der Waals surface area (Å²) < 4.78 is 7.27. The van der Waals surface area contributed by atoms with Crippen LogP contribution in [0.15, 0.2) is 23.0 Å². The lowest BCUT2D eigenvalue weighted by molar-refractivity contribution is 0.0229. The molecule has 1 aliphatic rings. The Bertz CT molecular complexity index is 1380. The molecule has 0 spiro atoms. The highest BCUT2D eigenvalue weighted by atomic mass is 16.5. The molecule has 0 aliphatic carbocycles. The number of aliphatic hydroxyl groups is 1. The monoisotopic (exact) mass is 523 g/mol. The first-order valence-electron chi connectivity index (χ1n) is 13.4. The van der Waals surface area contributed by atoms with Crippen molar-refractivity contribution in [3.63, 3.8) is 0 Å². The molecule has 9 heteroatoms. The van der Waals surface area contributed by atoms with Gasteiger partial charge in [-0.1, -0.05) is 6.92 Å². The van der Waals surface area contributed by atoms with Crippen molar-refractivity contribution in [3.8, 4) is 5.88 Å². The molecule has 1 amide bonds. The third-order valence-electron chi connectivity index (χ3n) is 7.79. The quantitative estimate of drug-likeness (QED) is 0.417. The molecule has 3 aromatic rings. The Kier molecular flexibility index (Phi) is 7.99. The van der Waals surface area contributed by atoms with E-state index in [1.807, 2.05) is 51.3 Å².